The molecule has 1 aliphatic rings. The molecule has 0 heterocycles. The molecule has 10 aromatic rings. The molecule has 0 saturated heterocycles. The number of benzene rings is 10. The van der Waals surface area contributed by atoms with Gasteiger partial charge in [-0.25, -0.2) is 0 Å². The van der Waals surface area contributed by atoms with E-state index >= 15 is 0 Å². The Morgan fingerprint density at radius 3 is 1.40 bits per heavy atom. The van der Waals surface area contributed by atoms with Gasteiger partial charge < -0.3 is 4.90 Å². The first-order chi connectivity index (χ1) is 28.5. The van der Waals surface area contributed by atoms with E-state index in [4.69, 9.17) is 0 Å². The molecule has 274 valence electrons. The van der Waals surface area contributed by atoms with Gasteiger partial charge in [-0.1, -0.05) is 196 Å². The molecule has 0 bridgehead atoms. The highest BCUT2D eigenvalue weighted by atomic mass is 15.1. The number of rotatable bonds is 6. The summed E-state index contributed by atoms with van der Waals surface area (Å²) >= 11 is 0. The van der Waals surface area contributed by atoms with Gasteiger partial charge in [0.1, 0.15) is 0 Å². The van der Waals surface area contributed by atoms with Crippen molar-refractivity contribution in [2.75, 3.05) is 4.90 Å². The van der Waals surface area contributed by atoms with Crippen LogP contribution in [0.4, 0.5) is 17.1 Å². The van der Waals surface area contributed by atoms with Crippen LogP contribution in [0.15, 0.2) is 212 Å². The van der Waals surface area contributed by atoms with Crippen LogP contribution in [-0.2, 0) is 5.41 Å². The Bertz CT molecular complexity index is 3050. The van der Waals surface area contributed by atoms with E-state index < -0.39 is 0 Å². The van der Waals surface area contributed by atoms with E-state index in [0.29, 0.717) is 0 Å². The molecule has 1 nitrogen and oxygen atoms in total. The lowest BCUT2D eigenvalue weighted by Gasteiger charge is -2.28. The molecule has 0 atom stereocenters. The van der Waals surface area contributed by atoms with E-state index in [2.05, 4.69) is 231 Å². The lowest BCUT2D eigenvalue weighted by atomic mass is 9.82. The Morgan fingerprint density at radius 2 is 0.741 bits per heavy atom. The summed E-state index contributed by atoms with van der Waals surface area (Å²) < 4.78 is 0. The van der Waals surface area contributed by atoms with Gasteiger partial charge in [0.2, 0.25) is 0 Å². The van der Waals surface area contributed by atoms with Crippen molar-refractivity contribution in [1.82, 2.24) is 0 Å². The highest BCUT2D eigenvalue weighted by Crippen LogP contribution is 2.53. The van der Waals surface area contributed by atoms with E-state index in [0.717, 1.165) is 17.1 Å². The van der Waals surface area contributed by atoms with E-state index in [-0.39, 0.29) is 5.41 Å². The van der Waals surface area contributed by atoms with Gasteiger partial charge in [-0.15, -0.1) is 0 Å². The van der Waals surface area contributed by atoms with Gasteiger partial charge in [-0.3, -0.25) is 0 Å². The second-order valence-electron chi connectivity index (χ2n) is 16.1. The molecular formula is C57H41N. The summed E-state index contributed by atoms with van der Waals surface area (Å²) in [5.74, 6) is 0. The average molecular weight is 740 g/mol. The van der Waals surface area contributed by atoms with Crippen LogP contribution >= 0.6 is 0 Å². The zero-order valence-corrected chi connectivity index (χ0v) is 32.7. The lowest BCUT2D eigenvalue weighted by molar-refractivity contribution is 0.660. The minimum Gasteiger partial charge on any atom is -0.310 e. The smallest absolute Gasteiger partial charge is 0.0540 e. The Balaban J connectivity index is 1.08. The monoisotopic (exact) mass is 739 g/mol. The molecule has 10 aromatic carbocycles. The van der Waals surface area contributed by atoms with Gasteiger partial charge in [-0.2, -0.15) is 0 Å². The summed E-state index contributed by atoms with van der Waals surface area (Å²) in [6, 6.07) is 78.1. The second kappa shape index (κ2) is 13.5. The number of hydrogen-bond acceptors (Lipinski definition) is 1. The van der Waals surface area contributed by atoms with Crippen LogP contribution in [-0.4, -0.2) is 0 Å². The van der Waals surface area contributed by atoms with Crippen molar-refractivity contribution in [2.45, 2.75) is 19.3 Å². The van der Waals surface area contributed by atoms with Crippen molar-refractivity contribution in [2.24, 2.45) is 0 Å². The Kier molecular flexibility index (Phi) is 7.91. The molecular weight excluding hydrogens is 699 g/mol. The average Bonchev–Trinajstić information content (AvgIpc) is 3.52. The van der Waals surface area contributed by atoms with Gasteiger partial charge in [0.05, 0.1) is 5.69 Å². The summed E-state index contributed by atoms with van der Waals surface area (Å²) in [5.41, 5.74) is 16.2. The Morgan fingerprint density at radius 1 is 0.310 bits per heavy atom. The van der Waals surface area contributed by atoms with Crippen molar-refractivity contribution in [3.05, 3.63) is 223 Å². The molecule has 0 spiro atoms. The molecule has 0 aliphatic heterocycles. The summed E-state index contributed by atoms with van der Waals surface area (Å²) in [6.07, 6.45) is 0. The van der Waals surface area contributed by atoms with Crippen LogP contribution < -0.4 is 4.90 Å². The summed E-state index contributed by atoms with van der Waals surface area (Å²) in [5, 5.41) is 7.47. The Hall–Kier alpha value is -7.22. The summed E-state index contributed by atoms with van der Waals surface area (Å²) in [6.45, 7) is 4.72. The van der Waals surface area contributed by atoms with E-state index in [9.17, 15) is 0 Å². The Labute approximate surface area is 340 Å². The molecule has 1 aliphatic carbocycles. The SMILES string of the molecule is CC1(C)c2ccccc2-c2c(-c3cccc4c(N(c5ccc(-c6cccc7ccccc67)cc5)c5ccc(-c6cccc7ccccc67)cc5)cccc34)cccc21. The highest BCUT2D eigenvalue weighted by molar-refractivity contribution is 6.09. The van der Waals surface area contributed by atoms with Crippen molar-refractivity contribution in [3.63, 3.8) is 0 Å². The fraction of sp³-hybridized carbons (Fsp3) is 0.0526. The van der Waals surface area contributed by atoms with Crippen LogP contribution in [0.3, 0.4) is 0 Å². The van der Waals surface area contributed by atoms with E-state index in [1.807, 2.05) is 0 Å². The van der Waals surface area contributed by atoms with Crippen molar-refractivity contribution in [3.8, 4) is 44.5 Å². The third-order valence-electron chi connectivity index (χ3n) is 12.5. The quantitative estimate of drug-likeness (QED) is 0.164. The van der Waals surface area contributed by atoms with Crippen LogP contribution in [0, 0.1) is 0 Å². The van der Waals surface area contributed by atoms with Gasteiger partial charge in [0.25, 0.3) is 0 Å². The molecule has 1 heteroatoms. The highest BCUT2D eigenvalue weighted by Gasteiger charge is 2.36. The largest absolute Gasteiger partial charge is 0.310 e. The van der Waals surface area contributed by atoms with Crippen LogP contribution in [0.2, 0.25) is 0 Å². The fourth-order valence-corrected chi connectivity index (χ4v) is 9.66. The van der Waals surface area contributed by atoms with E-state index in [1.165, 1.54) is 88.0 Å². The molecule has 0 amide bonds. The standard InChI is InChI=1S/C57H41N/c1-57(2)53-27-8-7-20-52(53)56-51(26-12-28-54(56)57)49-23-11-25-50-48(49)24-13-29-55(50)58(42-34-30-40(31-35-42)46-21-9-16-38-14-3-5-18-44(38)46)43-36-32-41(33-37-43)47-22-10-17-39-15-4-6-19-45(39)47/h3-37H,1-2H3. The molecule has 0 fully saturated rings. The van der Waals surface area contributed by atoms with Crippen molar-refractivity contribution >= 4 is 49.4 Å². The molecule has 0 N–H and O–H groups in total. The van der Waals surface area contributed by atoms with E-state index in [1.54, 1.807) is 0 Å². The van der Waals surface area contributed by atoms with Crippen molar-refractivity contribution < 1.29 is 0 Å². The molecule has 58 heavy (non-hydrogen) atoms. The third-order valence-corrected chi connectivity index (χ3v) is 12.5. The zero-order chi connectivity index (χ0) is 38.8. The number of hydrogen-bond donors (Lipinski definition) is 0. The van der Waals surface area contributed by atoms with Gasteiger partial charge in [0, 0.05) is 22.2 Å². The van der Waals surface area contributed by atoms with Gasteiger partial charge in [0.15, 0.2) is 0 Å². The zero-order valence-electron chi connectivity index (χ0n) is 32.7. The normalized spacial score (nSPS) is 12.8. The first-order valence-electron chi connectivity index (χ1n) is 20.3. The maximum Gasteiger partial charge on any atom is 0.0540 e. The van der Waals surface area contributed by atoms with Crippen LogP contribution in [0.25, 0.3) is 76.8 Å². The molecule has 0 aromatic heterocycles. The molecule has 0 unspecified atom stereocenters. The number of fused-ring (bicyclic) bond motifs is 6. The molecule has 0 radical (unpaired) electrons. The summed E-state index contributed by atoms with van der Waals surface area (Å²) in [4.78, 5) is 2.43. The topological polar surface area (TPSA) is 3.24 Å². The number of nitrogens with zero attached hydrogens (tertiary/aromatic N) is 1. The minimum absolute atomic E-state index is 0.0646. The second-order valence-corrected chi connectivity index (χ2v) is 16.1. The maximum atomic E-state index is 2.43. The maximum absolute atomic E-state index is 2.43. The predicted octanol–water partition coefficient (Wildman–Crippen LogP) is 15.9. The first kappa shape index (κ1) is 34.1. The predicted molar refractivity (Wildman–Crippen MR) is 248 cm³/mol. The van der Waals surface area contributed by atoms with Crippen LogP contribution in [0.1, 0.15) is 25.0 Å². The summed E-state index contributed by atoms with van der Waals surface area (Å²) in [7, 11) is 0. The van der Waals surface area contributed by atoms with Crippen molar-refractivity contribution in [1.29, 1.82) is 0 Å². The lowest BCUT2D eigenvalue weighted by Crippen LogP contribution is -2.14. The fourth-order valence-electron chi connectivity index (χ4n) is 9.66. The third kappa shape index (κ3) is 5.39. The molecule has 0 saturated carbocycles. The molecule has 11 rings (SSSR count). The van der Waals surface area contributed by atoms with Gasteiger partial charge in [-0.05, 0) is 113 Å². The van der Waals surface area contributed by atoms with Gasteiger partial charge >= 0.3 is 0 Å². The minimum atomic E-state index is -0.0646. The first-order valence-corrected chi connectivity index (χ1v) is 20.3. The number of anilines is 3. The van der Waals surface area contributed by atoms with Crippen LogP contribution in [0.5, 0.6) is 0 Å².